The van der Waals surface area contributed by atoms with Gasteiger partial charge in [-0.15, -0.1) is 0 Å². The van der Waals surface area contributed by atoms with E-state index in [-0.39, 0.29) is 11.9 Å². The molecule has 0 saturated heterocycles. The Balaban J connectivity index is 1.62. The SMILES string of the molecule is CC(C)(Oc1ccc(C#N)cc1)C(=O)NC1Cc2ccccc2C1. The highest BCUT2D eigenvalue weighted by Crippen LogP contribution is 2.23. The standard InChI is InChI=1S/C20H20N2O2/c1-20(2,24-18-9-7-14(13-21)8-10-18)19(23)22-17-11-15-5-3-4-6-16(15)12-17/h3-10,17H,11-12H2,1-2H3,(H,22,23). The predicted molar refractivity (Wildman–Crippen MR) is 91.6 cm³/mol. The van der Waals surface area contributed by atoms with Crippen LogP contribution in [0.25, 0.3) is 0 Å². The van der Waals surface area contributed by atoms with Gasteiger partial charge in [0.1, 0.15) is 5.75 Å². The largest absolute Gasteiger partial charge is 0.478 e. The van der Waals surface area contributed by atoms with Crippen LogP contribution < -0.4 is 10.1 Å². The third kappa shape index (κ3) is 3.41. The van der Waals surface area contributed by atoms with E-state index >= 15 is 0 Å². The molecule has 0 aliphatic heterocycles. The van der Waals surface area contributed by atoms with Crippen LogP contribution in [0.15, 0.2) is 48.5 Å². The van der Waals surface area contributed by atoms with Gasteiger partial charge in [-0.25, -0.2) is 0 Å². The molecule has 0 unspecified atom stereocenters. The molecule has 1 N–H and O–H groups in total. The van der Waals surface area contributed by atoms with E-state index < -0.39 is 5.60 Å². The molecule has 1 aliphatic carbocycles. The topological polar surface area (TPSA) is 62.1 Å². The summed E-state index contributed by atoms with van der Waals surface area (Å²) >= 11 is 0. The average Bonchev–Trinajstić information content (AvgIpc) is 2.97. The summed E-state index contributed by atoms with van der Waals surface area (Å²) in [7, 11) is 0. The zero-order chi connectivity index (χ0) is 17.2. The summed E-state index contributed by atoms with van der Waals surface area (Å²) in [4.78, 5) is 12.6. The number of hydrogen-bond donors (Lipinski definition) is 1. The van der Waals surface area contributed by atoms with Crippen molar-refractivity contribution in [2.75, 3.05) is 0 Å². The van der Waals surface area contributed by atoms with Gasteiger partial charge < -0.3 is 10.1 Å². The fourth-order valence-electron chi connectivity index (χ4n) is 2.96. The van der Waals surface area contributed by atoms with Crippen molar-refractivity contribution >= 4 is 5.91 Å². The number of nitrogens with zero attached hydrogens (tertiary/aromatic N) is 1. The molecule has 0 aromatic heterocycles. The fraction of sp³-hybridized carbons (Fsp3) is 0.300. The first-order valence-corrected chi connectivity index (χ1v) is 8.05. The summed E-state index contributed by atoms with van der Waals surface area (Å²) < 4.78 is 5.83. The minimum atomic E-state index is -0.983. The molecule has 3 rings (SSSR count). The van der Waals surface area contributed by atoms with E-state index in [9.17, 15) is 4.79 Å². The minimum absolute atomic E-state index is 0.110. The van der Waals surface area contributed by atoms with Crippen LogP contribution >= 0.6 is 0 Å². The molecule has 4 nitrogen and oxygen atoms in total. The highest BCUT2D eigenvalue weighted by atomic mass is 16.5. The number of benzene rings is 2. The first kappa shape index (κ1) is 16.1. The Morgan fingerprint density at radius 2 is 1.71 bits per heavy atom. The summed E-state index contributed by atoms with van der Waals surface area (Å²) in [5.41, 5.74) is 2.18. The van der Waals surface area contributed by atoms with Gasteiger partial charge in [0.05, 0.1) is 11.6 Å². The number of nitrogens with one attached hydrogen (secondary N) is 1. The van der Waals surface area contributed by atoms with Crippen LogP contribution in [0.3, 0.4) is 0 Å². The Morgan fingerprint density at radius 1 is 1.12 bits per heavy atom. The maximum Gasteiger partial charge on any atom is 0.263 e. The zero-order valence-electron chi connectivity index (χ0n) is 13.9. The van der Waals surface area contributed by atoms with Crippen LogP contribution in [-0.4, -0.2) is 17.6 Å². The van der Waals surface area contributed by atoms with Crippen molar-refractivity contribution in [3.8, 4) is 11.8 Å². The molecule has 4 heteroatoms. The number of hydrogen-bond acceptors (Lipinski definition) is 3. The molecule has 2 aromatic carbocycles. The van der Waals surface area contributed by atoms with Gasteiger partial charge in [-0.05, 0) is 62.1 Å². The summed E-state index contributed by atoms with van der Waals surface area (Å²) in [5, 5.41) is 11.9. The Labute approximate surface area is 142 Å². The molecule has 122 valence electrons. The molecular weight excluding hydrogens is 300 g/mol. The van der Waals surface area contributed by atoms with Crippen molar-refractivity contribution in [3.05, 3.63) is 65.2 Å². The number of ether oxygens (including phenoxy) is 1. The molecule has 0 heterocycles. The van der Waals surface area contributed by atoms with Gasteiger partial charge in [0.2, 0.25) is 0 Å². The van der Waals surface area contributed by atoms with E-state index in [0.29, 0.717) is 11.3 Å². The molecule has 1 aliphatic rings. The molecule has 24 heavy (non-hydrogen) atoms. The molecule has 0 atom stereocenters. The lowest BCUT2D eigenvalue weighted by molar-refractivity contribution is -0.134. The van der Waals surface area contributed by atoms with Gasteiger partial charge in [-0.3, -0.25) is 4.79 Å². The number of nitriles is 1. The minimum Gasteiger partial charge on any atom is -0.478 e. The Morgan fingerprint density at radius 3 is 2.25 bits per heavy atom. The second kappa shape index (κ2) is 6.37. The predicted octanol–water partition coefficient (Wildman–Crippen LogP) is 3.00. The highest BCUT2D eigenvalue weighted by Gasteiger charge is 2.33. The van der Waals surface area contributed by atoms with E-state index in [2.05, 4.69) is 23.5 Å². The van der Waals surface area contributed by atoms with E-state index in [1.165, 1.54) is 11.1 Å². The average molecular weight is 320 g/mol. The van der Waals surface area contributed by atoms with Crippen LogP contribution in [0, 0.1) is 11.3 Å². The van der Waals surface area contributed by atoms with Gasteiger partial charge >= 0.3 is 0 Å². The Hall–Kier alpha value is -2.80. The number of carbonyl (C=O) groups excluding carboxylic acids is 1. The van der Waals surface area contributed by atoms with Crippen LogP contribution in [0.4, 0.5) is 0 Å². The lowest BCUT2D eigenvalue weighted by atomic mass is 10.1. The van der Waals surface area contributed by atoms with Gasteiger partial charge in [0, 0.05) is 6.04 Å². The summed E-state index contributed by atoms with van der Waals surface area (Å²) in [6.07, 6.45) is 1.71. The molecule has 0 saturated carbocycles. The lowest BCUT2D eigenvalue weighted by Gasteiger charge is -2.27. The lowest BCUT2D eigenvalue weighted by Crippen LogP contribution is -2.50. The third-order valence-corrected chi connectivity index (χ3v) is 4.29. The van der Waals surface area contributed by atoms with E-state index in [4.69, 9.17) is 10.00 Å². The summed E-state index contributed by atoms with van der Waals surface area (Å²) in [6.45, 7) is 3.51. The zero-order valence-corrected chi connectivity index (χ0v) is 13.9. The van der Waals surface area contributed by atoms with Crippen LogP contribution in [0.5, 0.6) is 5.75 Å². The van der Waals surface area contributed by atoms with Gasteiger partial charge in [0.15, 0.2) is 5.60 Å². The maximum atomic E-state index is 12.6. The van der Waals surface area contributed by atoms with Crippen molar-refractivity contribution in [1.29, 1.82) is 5.26 Å². The number of amides is 1. The van der Waals surface area contributed by atoms with Gasteiger partial charge in [0.25, 0.3) is 5.91 Å². The van der Waals surface area contributed by atoms with Crippen LogP contribution in [0.1, 0.15) is 30.5 Å². The van der Waals surface area contributed by atoms with Crippen molar-refractivity contribution in [2.45, 2.75) is 38.3 Å². The molecule has 0 radical (unpaired) electrons. The van der Waals surface area contributed by atoms with Crippen molar-refractivity contribution < 1.29 is 9.53 Å². The second-order valence-corrected chi connectivity index (χ2v) is 6.60. The van der Waals surface area contributed by atoms with Crippen molar-refractivity contribution in [1.82, 2.24) is 5.32 Å². The second-order valence-electron chi connectivity index (χ2n) is 6.60. The molecule has 0 fully saturated rings. The molecular formula is C20H20N2O2. The Kier molecular flexibility index (Phi) is 4.26. The first-order valence-electron chi connectivity index (χ1n) is 8.05. The molecule has 1 amide bonds. The molecule has 2 aromatic rings. The van der Waals surface area contributed by atoms with E-state index in [0.717, 1.165) is 12.8 Å². The van der Waals surface area contributed by atoms with E-state index in [1.807, 2.05) is 12.1 Å². The number of fused-ring (bicyclic) bond motifs is 1. The van der Waals surface area contributed by atoms with E-state index in [1.54, 1.807) is 38.1 Å². The molecule has 0 bridgehead atoms. The van der Waals surface area contributed by atoms with Gasteiger partial charge in [-0.2, -0.15) is 5.26 Å². The van der Waals surface area contributed by atoms with Gasteiger partial charge in [-0.1, -0.05) is 24.3 Å². The number of rotatable bonds is 4. The summed E-state index contributed by atoms with van der Waals surface area (Å²) in [6, 6.07) is 17.2. The van der Waals surface area contributed by atoms with Crippen LogP contribution in [0.2, 0.25) is 0 Å². The number of carbonyl (C=O) groups is 1. The van der Waals surface area contributed by atoms with Crippen molar-refractivity contribution in [2.24, 2.45) is 0 Å². The van der Waals surface area contributed by atoms with Crippen LogP contribution in [-0.2, 0) is 17.6 Å². The Bertz CT molecular complexity index is 763. The van der Waals surface area contributed by atoms with Crippen molar-refractivity contribution in [3.63, 3.8) is 0 Å². The first-order chi connectivity index (χ1) is 11.5. The highest BCUT2D eigenvalue weighted by molar-refractivity contribution is 5.85. The smallest absolute Gasteiger partial charge is 0.263 e. The normalized spacial score (nSPS) is 13.9. The fourth-order valence-corrected chi connectivity index (χ4v) is 2.96. The quantitative estimate of drug-likeness (QED) is 0.942. The third-order valence-electron chi connectivity index (χ3n) is 4.29. The molecule has 0 spiro atoms. The summed E-state index contributed by atoms with van der Waals surface area (Å²) in [5.74, 6) is 0.438. The monoisotopic (exact) mass is 320 g/mol. The maximum absolute atomic E-state index is 12.6.